The van der Waals surface area contributed by atoms with Gasteiger partial charge in [0, 0.05) is 12.4 Å². The van der Waals surface area contributed by atoms with Gasteiger partial charge in [0.25, 0.3) is 0 Å². The van der Waals surface area contributed by atoms with Crippen molar-refractivity contribution in [2.75, 3.05) is 6.61 Å². The van der Waals surface area contributed by atoms with E-state index in [1.165, 1.54) is 6.20 Å². The second-order valence-corrected chi connectivity index (χ2v) is 2.51. The molecule has 58 valence electrons. The molecule has 4 nitrogen and oxygen atoms in total. The highest BCUT2D eigenvalue weighted by Gasteiger charge is 2.22. The Morgan fingerprint density at radius 2 is 2.64 bits per heavy atom. The Morgan fingerprint density at radius 3 is 3.27 bits per heavy atom. The molecule has 1 fully saturated rings. The number of nitrogens with zero attached hydrogens (tertiary/aromatic N) is 2. The van der Waals surface area contributed by atoms with Crippen LogP contribution in [0.25, 0.3) is 0 Å². The lowest BCUT2D eigenvalue weighted by atomic mass is 10.4. The van der Waals surface area contributed by atoms with Crippen LogP contribution in [0.1, 0.15) is 0 Å². The summed E-state index contributed by atoms with van der Waals surface area (Å²) in [4.78, 5) is 14.6. The van der Waals surface area contributed by atoms with E-state index >= 15 is 0 Å². The third-order valence-electron chi connectivity index (χ3n) is 1.59. The van der Waals surface area contributed by atoms with Crippen LogP contribution in [0.15, 0.2) is 23.3 Å². The van der Waals surface area contributed by atoms with E-state index < -0.39 is 0 Å². The van der Waals surface area contributed by atoms with E-state index in [2.05, 4.69) is 4.98 Å². The molecule has 0 unspecified atom stereocenters. The largest absolute Gasteiger partial charge is 0.371 e. The Morgan fingerprint density at radius 1 is 1.82 bits per heavy atom. The average Bonchev–Trinajstić information content (AvgIpc) is 2.78. The van der Waals surface area contributed by atoms with Crippen molar-refractivity contribution in [1.82, 2.24) is 9.55 Å². The van der Waals surface area contributed by atoms with Crippen molar-refractivity contribution < 1.29 is 4.74 Å². The molecule has 0 saturated carbocycles. The minimum Gasteiger partial charge on any atom is -0.371 e. The van der Waals surface area contributed by atoms with Crippen molar-refractivity contribution in [3.05, 3.63) is 28.9 Å². The summed E-state index contributed by atoms with van der Waals surface area (Å²) in [7, 11) is 0. The highest BCUT2D eigenvalue weighted by molar-refractivity contribution is 4.83. The molecule has 0 amide bonds. The molecule has 0 aliphatic carbocycles. The van der Waals surface area contributed by atoms with Gasteiger partial charge in [0.05, 0.1) is 19.3 Å². The standard InChI is InChI=1S/C7H8N2O2/c10-7-8-2-1-3-9(7)4-6-5-11-6/h1-3,6H,4-5H2/t6-/m0/s1. The summed E-state index contributed by atoms with van der Waals surface area (Å²) in [5, 5.41) is 0. The Labute approximate surface area is 63.4 Å². The second kappa shape index (κ2) is 2.47. The fourth-order valence-corrected chi connectivity index (χ4v) is 0.919. The molecule has 1 aromatic heterocycles. The lowest BCUT2D eigenvalue weighted by molar-refractivity contribution is 0.379. The molecule has 0 aromatic carbocycles. The molecule has 1 aromatic rings. The highest BCUT2D eigenvalue weighted by atomic mass is 16.6. The van der Waals surface area contributed by atoms with Crippen LogP contribution < -0.4 is 5.69 Å². The Bertz CT molecular complexity index is 303. The van der Waals surface area contributed by atoms with E-state index in [9.17, 15) is 4.79 Å². The van der Waals surface area contributed by atoms with Crippen LogP contribution in [0.5, 0.6) is 0 Å². The van der Waals surface area contributed by atoms with Crippen molar-refractivity contribution in [3.63, 3.8) is 0 Å². The average molecular weight is 152 g/mol. The first kappa shape index (κ1) is 6.54. The lowest BCUT2D eigenvalue weighted by Crippen LogP contribution is -2.23. The Hall–Kier alpha value is -1.16. The van der Waals surface area contributed by atoms with Gasteiger partial charge in [-0.15, -0.1) is 0 Å². The van der Waals surface area contributed by atoms with E-state index in [0.717, 1.165) is 6.61 Å². The molecule has 4 heteroatoms. The van der Waals surface area contributed by atoms with Gasteiger partial charge in [0.1, 0.15) is 0 Å². The zero-order chi connectivity index (χ0) is 7.68. The normalized spacial score (nSPS) is 21.6. The zero-order valence-corrected chi connectivity index (χ0v) is 5.93. The smallest absolute Gasteiger partial charge is 0.347 e. The minimum atomic E-state index is -0.206. The SMILES string of the molecule is O=c1ncccn1C[C@H]1CO1. The summed E-state index contributed by atoms with van der Waals surface area (Å²) in [5.41, 5.74) is -0.206. The number of hydrogen-bond acceptors (Lipinski definition) is 3. The molecule has 1 aliphatic heterocycles. The molecular formula is C7H8N2O2. The number of ether oxygens (including phenoxy) is 1. The van der Waals surface area contributed by atoms with Gasteiger partial charge in [0.15, 0.2) is 0 Å². The van der Waals surface area contributed by atoms with E-state index in [1.807, 2.05) is 0 Å². The predicted octanol–water partition coefficient (Wildman–Crippen LogP) is -0.358. The Balaban J connectivity index is 2.21. The third-order valence-corrected chi connectivity index (χ3v) is 1.59. The molecule has 1 aliphatic rings. The van der Waals surface area contributed by atoms with Gasteiger partial charge in [-0.25, -0.2) is 9.78 Å². The highest BCUT2D eigenvalue weighted by Crippen LogP contribution is 2.09. The number of rotatable bonds is 2. The molecule has 0 spiro atoms. The van der Waals surface area contributed by atoms with Crippen molar-refractivity contribution in [2.24, 2.45) is 0 Å². The van der Waals surface area contributed by atoms with Crippen LogP contribution in [0.4, 0.5) is 0 Å². The van der Waals surface area contributed by atoms with Gasteiger partial charge in [0.2, 0.25) is 0 Å². The zero-order valence-electron chi connectivity index (χ0n) is 5.93. The summed E-state index contributed by atoms with van der Waals surface area (Å²) in [6.45, 7) is 1.40. The maximum Gasteiger partial charge on any atom is 0.347 e. The van der Waals surface area contributed by atoms with Crippen LogP contribution >= 0.6 is 0 Å². The van der Waals surface area contributed by atoms with Crippen molar-refractivity contribution in [3.8, 4) is 0 Å². The molecule has 1 atom stereocenters. The molecule has 0 N–H and O–H groups in total. The van der Waals surface area contributed by atoms with Gasteiger partial charge >= 0.3 is 5.69 Å². The number of hydrogen-bond donors (Lipinski definition) is 0. The summed E-state index contributed by atoms with van der Waals surface area (Å²) >= 11 is 0. The molecular weight excluding hydrogens is 144 g/mol. The number of epoxide rings is 1. The van der Waals surface area contributed by atoms with E-state index in [4.69, 9.17) is 4.74 Å². The van der Waals surface area contributed by atoms with Crippen LogP contribution in [0.3, 0.4) is 0 Å². The minimum absolute atomic E-state index is 0.206. The summed E-state index contributed by atoms with van der Waals surface area (Å²) < 4.78 is 6.53. The quantitative estimate of drug-likeness (QED) is 0.544. The summed E-state index contributed by atoms with van der Waals surface area (Å²) in [6, 6.07) is 1.74. The number of aromatic nitrogens is 2. The van der Waals surface area contributed by atoms with Gasteiger partial charge in [-0.3, -0.25) is 4.57 Å². The van der Waals surface area contributed by atoms with Crippen LogP contribution in [-0.2, 0) is 11.3 Å². The molecule has 2 heterocycles. The molecule has 0 radical (unpaired) electrons. The van der Waals surface area contributed by atoms with Gasteiger partial charge in [-0.1, -0.05) is 0 Å². The second-order valence-electron chi connectivity index (χ2n) is 2.51. The monoisotopic (exact) mass is 152 g/mol. The van der Waals surface area contributed by atoms with E-state index in [0.29, 0.717) is 6.54 Å². The van der Waals surface area contributed by atoms with Crippen LogP contribution in [-0.4, -0.2) is 22.3 Å². The van der Waals surface area contributed by atoms with E-state index in [-0.39, 0.29) is 11.8 Å². The van der Waals surface area contributed by atoms with Crippen LogP contribution in [0, 0.1) is 0 Å². The van der Waals surface area contributed by atoms with Crippen molar-refractivity contribution in [2.45, 2.75) is 12.6 Å². The lowest BCUT2D eigenvalue weighted by Gasteiger charge is -1.98. The van der Waals surface area contributed by atoms with Crippen molar-refractivity contribution in [1.29, 1.82) is 0 Å². The van der Waals surface area contributed by atoms with Crippen molar-refractivity contribution >= 4 is 0 Å². The Kier molecular flexibility index (Phi) is 1.47. The van der Waals surface area contributed by atoms with Gasteiger partial charge in [-0.2, -0.15) is 0 Å². The molecule has 11 heavy (non-hydrogen) atoms. The fourth-order valence-electron chi connectivity index (χ4n) is 0.919. The summed E-state index contributed by atoms with van der Waals surface area (Å²) in [6.07, 6.45) is 3.45. The van der Waals surface area contributed by atoms with E-state index in [1.54, 1.807) is 16.8 Å². The molecule has 2 rings (SSSR count). The first-order valence-corrected chi connectivity index (χ1v) is 3.49. The van der Waals surface area contributed by atoms with Crippen LogP contribution in [0.2, 0.25) is 0 Å². The summed E-state index contributed by atoms with van der Waals surface area (Å²) in [5.74, 6) is 0. The molecule has 1 saturated heterocycles. The van der Waals surface area contributed by atoms with Gasteiger partial charge in [-0.05, 0) is 6.07 Å². The first-order chi connectivity index (χ1) is 5.36. The van der Waals surface area contributed by atoms with Gasteiger partial charge < -0.3 is 4.74 Å². The first-order valence-electron chi connectivity index (χ1n) is 3.49. The topological polar surface area (TPSA) is 47.4 Å². The molecule has 0 bridgehead atoms. The third kappa shape index (κ3) is 1.46. The predicted molar refractivity (Wildman–Crippen MR) is 38.2 cm³/mol. The maximum absolute atomic E-state index is 11.0. The maximum atomic E-state index is 11.0. The fraction of sp³-hybridized carbons (Fsp3) is 0.429.